The molecular weight excluding hydrogens is 512 g/mol. The van der Waals surface area contributed by atoms with Gasteiger partial charge in [-0.25, -0.2) is 0 Å². The lowest BCUT2D eigenvalue weighted by Gasteiger charge is -2.38. The first-order valence-corrected chi connectivity index (χ1v) is 15.4. The van der Waals surface area contributed by atoms with Crippen LogP contribution >= 0.6 is 0 Å². The molecule has 0 radical (unpaired) electrons. The molecule has 0 bridgehead atoms. The normalized spacial score (nSPS) is 28.1. The summed E-state index contributed by atoms with van der Waals surface area (Å²) >= 11 is 0. The molecule has 2 heteroatoms. The largest absolute Gasteiger partial charge is 0.389 e. The van der Waals surface area contributed by atoms with E-state index in [-0.39, 0.29) is 23.0 Å². The SMILES string of the molecule is CC(C=C[C@H]1C(C)=C[C@H](O)CC1(C)C)=CC=CC(C)=C/C=C/C=C(C)/C=C/C=C(C)/C=C/[C@H]1C(C)=C[C@H](O)CC1(C)C. The van der Waals surface area contributed by atoms with Crippen LogP contribution in [0, 0.1) is 22.7 Å². The molecule has 4 atom stereocenters. The highest BCUT2D eigenvalue weighted by Crippen LogP contribution is 2.42. The molecule has 0 saturated heterocycles. The maximum absolute atomic E-state index is 10.1. The van der Waals surface area contributed by atoms with Gasteiger partial charge in [0, 0.05) is 11.8 Å². The summed E-state index contributed by atoms with van der Waals surface area (Å²) < 4.78 is 0. The maximum Gasteiger partial charge on any atom is 0.0729 e. The van der Waals surface area contributed by atoms with Crippen LogP contribution in [0.4, 0.5) is 0 Å². The fourth-order valence-corrected chi connectivity index (χ4v) is 6.16. The molecular formula is C40H56O2. The van der Waals surface area contributed by atoms with Gasteiger partial charge in [0.25, 0.3) is 0 Å². The van der Waals surface area contributed by atoms with Crippen molar-refractivity contribution in [2.75, 3.05) is 0 Å². The van der Waals surface area contributed by atoms with E-state index in [1.165, 1.54) is 33.4 Å². The summed E-state index contributed by atoms with van der Waals surface area (Å²) in [5.41, 5.74) is 7.40. The molecule has 0 spiro atoms. The second-order valence-electron chi connectivity index (χ2n) is 13.8. The van der Waals surface area contributed by atoms with E-state index in [9.17, 15) is 10.2 Å². The van der Waals surface area contributed by atoms with Crippen molar-refractivity contribution in [2.24, 2.45) is 22.7 Å². The van der Waals surface area contributed by atoms with Crippen molar-refractivity contribution in [3.8, 4) is 0 Å². The molecule has 0 aromatic heterocycles. The minimum atomic E-state index is -0.331. The van der Waals surface area contributed by atoms with Crippen molar-refractivity contribution in [1.82, 2.24) is 0 Å². The van der Waals surface area contributed by atoms with Crippen LogP contribution in [0.5, 0.6) is 0 Å². The van der Waals surface area contributed by atoms with Crippen LogP contribution in [0.1, 0.15) is 82.1 Å². The third-order valence-electron chi connectivity index (χ3n) is 8.41. The molecule has 0 heterocycles. The fraction of sp³-hybridized carbons (Fsp3) is 0.450. The minimum absolute atomic E-state index is 0.0574. The third kappa shape index (κ3) is 11.7. The van der Waals surface area contributed by atoms with E-state index in [0.717, 1.165) is 12.8 Å². The molecule has 0 aromatic carbocycles. The summed E-state index contributed by atoms with van der Waals surface area (Å²) in [4.78, 5) is 0. The van der Waals surface area contributed by atoms with Crippen LogP contribution in [-0.2, 0) is 0 Å². The summed E-state index contributed by atoms with van der Waals surface area (Å²) in [5.74, 6) is 0.696. The van der Waals surface area contributed by atoms with E-state index in [4.69, 9.17) is 0 Å². The van der Waals surface area contributed by atoms with Gasteiger partial charge in [-0.05, 0) is 65.2 Å². The van der Waals surface area contributed by atoms with E-state index in [2.05, 4.69) is 154 Å². The van der Waals surface area contributed by atoms with Crippen LogP contribution < -0.4 is 0 Å². The third-order valence-corrected chi connectivity index (χ3v) is 8.41. The Kier molecular flexibility index (Phi) is 13.5. The Morgan fingerprint density at radius 1 is 0.571 bits per heavy atom. The summed E-state index contributed by atoms with van der Waals surface area (Å²) in [5, 5.41) is 20.1. The zero-order valence-electron chi connectivity index (χ0n) is 27.9. The molecule has 0 saturated carbocycles. The zero-order chi connectivity index (χ0) is 31.5. The second kappa shape index (κ2) is 16.1. The van der Waals surface area contributed by atoms with E-state index < -0.39 is 0 Å². The maximum atomic E-state index is 10.1. The highest BCUT2D eigenvalue weighted by molar-refractivity contribution is 5.33. The average Bonchev–Trinajstić information content (AvgIpc) is 2.84. The van der Waals surface area contributed by atoms with Gasteiger partial charge < -0.3 is 10.2 Å². The number of aliphatic hydroxyl groups excluding tert-OH is 2. The molecule has 2 rings (SSSR count). The number of hydrogen-bond donors (Lipinski definition) is 2. The molecule has 2 aliphatic rings. The van der Waals surface area contributed by atoms with Crippen molar-refractivity contribution in [3.63, 3.8) is 0 Å². The number of hydrogen-bond acceptors (Lipinski definition) is 2. The summed E-state index contributed by atoms with van der Waals surface area (Å²) in [6.45, 7) is 21.6. The summed E-state index contributed by atoms with van der Waals surface area (Å²) in [7, 11) is 0. The van der Waals surface area contributed by atoms with Gasteiger partial charge in [0.05, 0.1) is 12.2 Å². The lowest BCUT2D eigenvalue weighted by atomic mass is 9.67. The molecule has 0 amide bonds. The van der Waals surface area contributed by atoms with Gasteiger partial charge in [-0.2, -0.15) is 0 Å². The Balaban J connectivity index is 1.89. The molecule has 2 nitrogen and oxygen atoms in total. The highest BCUT2D eigenvalue weighted by atomic mass is 16.3. The van der Waals surface area contributed by atoms with Crippen molar-refractivity contribution in [3.05, 3.63) is 131 Å². The van der Waals surface area contributed by atoms with Gasteiger partial charge in [0.1, 0.15) is 0 Å². The predicted molar refractivity (Wildman–Crippen MR) is 184 cm³/mol. The number of allylic oxidation sites excluding steroid dienone is 20. The van der Waals surface area contributed by atoms with E-state index >= 15 is 0 Å². The van der Waals surface area contributed by atoms with E-state index in [0.29, 0.717) is 11.8 Å². The molecule has 228 valence electrons. The lowest BCUT2D eigenvalue weighted by molar-refractivity contribution is 0.117. The van der Waals surface area contributed by atoms with Crippen molar-refractivity contribution >= 4 is 0 Å². The Morgan fingerprint density at radius 2 is 0.881 bits per heavy atom. The van der Waals surface area contributed by atoms with Gasteiger partial charge in [0.2, 0.25) is 0 Å². The smallest absolute Gasteiger partial charge is 0.0729 e. The van der Waals surface area contributed by atoms with Gasteiger partial charge in [0.15, 0.2) is 0 Å². The number of aliphatic hydroxyl groups is 2. The van der Waals surface area contributed by atoms with Crippen LogP contribution in [-0.4, -0.2) is 22.4 Å². The first kappa shape index (κ1) is 35.3. The Labute approximate surface area is 257 Å². The first-order valence-electron chi connectivity index (χ1n) is 15.4. The predicted octanol–water partition coefficient (Wildman–Crippen LogP) is 10.3. The fourth-order valence-electron chi connectivity index (χ4n) is 6.16. The average molecular weight is 569 g/mol. The first-order chi connectivity index (χ1) is 19.6. The Bertz CT molecular complexity index is 1160. The van der Waals surface area contributed by atoms with Gasteiger partial charge >= 0.3 is 0 Å². The Morgan fingerprint density at radius 3 is 1.21 bits per heavy atom. The zero-order valence-corrected chi connectivity index (χ0v) is 27.9. The standard InChI is InChI=1S/C40H56O2/c1-29(17-13-19-31(3)21-23-37-33(5)25-35(41)27-39(37,7)8)15-11-12-16-30(2)18-14-20-32(4)22-24-38-34(6)26-36(42)28-40(38,9)10/h11-26,35-38,41-42H,27-28H2,1-10H3/b12-11+,17-13+,18-14?,23-21+,24-22?,29-15+,30-16?,31-19+,32-20?/t35-,36-,37-,38-/m0/s1. The molecule has 2 aliphatic carbocycles. The van der Waals surface area contributed by atoms with Gasteiger partial charge in [-0.1, -0.05) is 158 Å². The van der Waals surface area contributed by atoms with Crippen LogP contribution in [0.25, 0.3) is 0 Å². The van der Waals surface area contributed by atoms with Crippen molar-refractivity contribution in [1.29, 1.82) is 0 Å². The quantitative estimate of drug-likeness (QED) is 0.203. The van der Waals surface area contributed by atoms with E-state index in [1.807, 2.05) is 12.2 Å². The topological polar surface area (TPSA) is 40.5 Å². The van der Waals surface area contributed by atoms with Crippen LogP contribution in [0.15, 0.2) is 131 Å². The number of rotatable bonds is 10. The van der Waals surface area contributed by atoms with Crippen molar-refractivity contribution in [2.45, 2.75) is 94.3 Å². The Hall–Kier alpha value is -2.94. The van der Waals surface area contributed by atoms with Crippen LogP contribution in [0.3, 0.4) is 0 Å². The minimum Gasteiger partial charge on any atom is -0.389 e. The molecule has 0 fully saturated rings. The van der Waals surface area contributed by atoms with Crippen LogP contribution in [0.2, 0.25) is 0 Å². The molecule has 0 unspecified atom stereocenters. The molecule has 0 aliphatic heterocycles. The molecule has 42 heavy (non-hydrogen) atoms. The summed E-state index contributed by atoms with van der Waals surface area (Å²) in [6.07, 6.45) is 35.0. The van der Waals surface area contributed by atoms with E-state index in [1.54, 1.807) is 0 Å². The second-order valence-corrected chi connectivity index (χ2v) is 13.8. The van der Waals surface area contributed by atoms with Gasteiger partial charge in [-0.15, -0.1) is 0 Å². The molecule has 2 N–H and O–H groups in total. The highest BCUT2D eigenvalue weighted by Gasteiger charge is 2.35. The van der Waals surface area contributed by atoms with Gasteiger partial charge in [-0.3, -0.25) is 0 Å². The monoisotopic (exact) mass is 568 g/mol. The lowest BCUT2D eigenvalue weighted by Crippen LogP contribution is -2.32. The molecule has 0 aromatic rings. The van der Waals surface area contributed by atoms with Crippen molar-refractivity contribution < 1.29 is 10.2 Å². The summed E-state index contributed by atoms with van der Waals surface area (Å²) in [6, 6.07) is 0.